The topological polar surface area (TPSA) is 83.2 Å². The van der Waals surface area contributed by atoms with Crippen LogP contribution < -0.4 is 5.73 Å². The van der Waals surface area contributed by atoms with Gasteiger partial charge in [0, 0.05) is 18.1 Å². The minimum atomic E-state index is 0.613. The number of likely N-dealkylation sites (tertiary alicyclic amines) is 1. The Balaban J connectivity index is 0.000000170. The molecule has 0 aliphatic carbocycles. The zero-order chi connectivity index (χ0) is 17.5. The van der Waals surface area contributed by atoms with Gasteiger partial charge in [0.2, 0.25) is 0 Å². The average Bonchev–Trinajstić information content (AvgIpc) is 3.14. The summed E-state index contributed by atoms with van der Waals surface area (Å²) in [6.07, 6.45) is 3.71. The fraction of sp³-hybridized carbons (Fsp3) is 0.278. The van der Waals surface area contributed by atoms with E-state index in [0.717, 1.165) is 34.8 Å². The number of halogens is 1. The van der Waals surface area contributed by atoms with E-state index < -0.39 is 0 Å². The molecule has 7 heteroatoms. The van der Waals surface area contributed by atoms with E-state index in [4.69, 9.17) is 17.3 Å². The third kappa shape index (κ3) is 4.93. The van der Waals surface area contributed by atoms with Crippen molar-refractivity contribution in [3.8, 4) is 0 Å². The van der Waals surface area contributed by atoms with Gasteiger partial charge in [-0.25, -0.2) is 4.99 Å². The molecule has 0 bridgehead atoms. The average molecular weight is 357 g/mol. The smallest absolute Gasteiger partial charge is 0.196 e. The van der Waals surface area contributed by atoms with Crippen LogP contribution >= 0.6 is 11.6 Å². The van der Waals surface area contributed by atoms with Crippen LogP contribution in [0.2, 0.25) is 5.02 Å². The van der Waals surface area contributed by atoms with Crippen molar-refractivity contribution in [1.29, 1.82) is 0 Å². The maximum Gasteiger partial charge on any atom is 0.196 e. The number of nitrogens with one attached hydrogen (secondary N) is 1. The highest BCUT2D eigenvalue weighted by Crippen LogP contribution is 2.17. The largest absolute Gasteiger partial charge is 0.369 e. The van der Waals surface area contributed by atoms with Gasteiger partial charge in [-0.05, 0) is 55.7 Å². The van der Waals surface area contributed by atoms with Crippen LogP contribution in [0.1, 0.15) is 19.3 Å². The third-order valence-electron chi connectivity index (χ3n) is 3.97. The van der Waals surface area contributed by atoms with Crippen LogP contribution in [0.15, 0.2) is 53.5 Å². The van der Waals surface area contributed by atoms with E-state index >= 15 is 0 Å². The number of piperidine rings is 1. The molecule has 0 amide bonds. The van der Waals surface area contributed by atoms with Crippen LogP contribution in [0.3, 0.4) is 0 Å². The lowest BCUT2D eigenvalue weighted by atomic mass is 10.1. The van der Waals surface area contributed by atoms with E-state index in [2.05, 4.69) is 25.3 Å². The van der Waals surface area contributed by atoms with Gasteiger partial charge >= 0.3 is 0 Å². The standard InChI is InChI=1S/C12H16ClN3.C6H5N3/c13-10-4-6-11(7-5-10)15-12(14)16-8-2-1-3-9-16;1-2-4-6-5(3-1)7-9-8-6/h4-7H,1-3,8-9H2,(H2,14,15);1-4H,(H,7,8,9). The van der Waals surface area contributed by atoms with Gasteiger partial charge in [-0.15, -0.1) is 0 Å². The number of aromatic amines is 1. The molecule has 0 radical (unpaired) electrons. The van der Waals surface area contributed by atoms with Crippen molar-refractivity contribution in [2.75, 3.05) is 13.1 Å². The zero-order valence-electron chi connectivity index (χ0n) is 13.9. The first-order valence-electron chi connectivity index (χ1n) is 8.32. The second kappa shape index (κ2) is 8.48. The maximum atomic E-state index is 5.96. The number of para-hydroxylation sites is 2. The van der Waals surface area contributed by atoms with Gasteiger partial charge in [-0.2, -0.15) is 15.4 Å². The summed E-state index contributed by atoms with van der Waals surface area (Å²) in [4.78, 5) is 6.52. The Morgan fingerprint density at radius 2 is 1.56 bits per heavy atom. The summed E-state index contributed by atoms with van der Waals surface area (Å²) in [6, 6.07) is 15.1. The van der Waals surface area contributed by atoms with Crippen molar-refractivity contribution in [1.82, 2.24) is 20.3 Å². The van der Waals surface area contributed by atoms with Gasteiger partial charge in [0.1, 0.15) is 11.0 Å². The summed E-state index contributed by atoms with van der Waals surface area (Å²) in [6.45, 7) is 2.03. The van der Waals surface area contributed by atoms with Crippen molar-refractivity contribution in [2.45, 2.75) is 19.3 Å². The van der Waals surface area contributed by atoms with Gasteiger partial charge in [-0.3, -0.25) is 0 Å². The van der Waals surface area contributed by atoms with E-state index in [-0.39, 0.29) is 0 Å². The van der Waals surface area contributed by atoms with Crippen molar-refractivity contribution < 1.29 is 0 Å². The first-order chi connectivity index (χ1) is 12.2. The maximum absolute atomic E-state index is 5.96. The number of nitrogens with two attached hydrogens (primary N) is 1. The molecule has 2 heterocycles. The summed E-state index contributed by atoms with van der Waals surface area (Å²) in [5, 5.41) is 11.0. The van der Waals surface area contributed by atoms with Crippen LogP contribution in [0, 0.1) is 0 Å². The number of rotatable bonds is 1. The second-order valence-electron chi connectivity index (χ2n) is 5.81. The van der Waals surface area contributed by atoms with E-state index in [0.29, 0.717) is 5.96 Å². The van der Waals surface area contributed by atoms with E-state index in [1.807, 2.05) is 48.5 Å². The van der Waals surface area contributed by atoms with Crippen LogP contribution in [0.4, 0.5) is 5.69 Å². The molecule has 0 atom stereocenters. The molecule has 1 fully saturated rings. The fourth-order valence-electron chi connectivity index (χ4n) is 2.63. The van der Waals surface area contributed by atoms with E-state index in [9.17, 15) is 0 Å². The van der Waals surface area contributed by atoms with Gasteiger partial charge < -0.3 is 10.6 Å². The molecule has 4 rings (SSSR count). The highest BCUT2D eigenvalue weighted by atomic mass is 35.5. The normalized spacial score (nSPS) is 14.9. The lowest BCUT2D eigenvalue weighted by Crippen LogP contribution is -2.40. The lowest BCUT2D eigenvalue weighted by molar-refractivity contribution is 0.339. The molecule has 1 aromatic heterocycles. The van der Waals surface area contributed by atoms with Crippen molar-refractivity contribution in [2.24, 2.45) is 10.7 Å². The zero-order valence-corrected chi connectivity index (χ0v) is 14.7. The molecule has 0 saturated carbocycles. The molecule has 3 aromatic rings. The molecule has 2 aromatic carbocycles. The van der Waals surface area contributed by atoms with Crippen LogP contribution in [0.5, 0.6) is 0 Å². The van der Waals surface area contributed by atoms with E-state index in [1.54, 1.807) is 0 Å². The molecule has 6 nitrogen and oxygen atoms in total. The minimum absolute atomic E-state index is 0.613. The second-order valence-corrected chi connectivity index (χ2v) is 6.24. The number of hydrogen-bond donors (Lipinski definition) is 2. The van der Waals surface area contributed by atoms with Crippen LogP contribution in [-0.4, -0.2) is 39.4 Å². The SMILES string of the molecule is NC(=Nc1ccc(Cl)cc1)N1CCCCC1.c1ccc2n[nH]nc2c1. The Hall–Kier alpha value is -2.60. The number of aliphatic imine (C=N–C) groups is 1. The van der Waals surface area contributed by atoms with Crippen molar-refractivity contribution in [3.63, 3.8) is 0 Å². The summed E-state index contributed by atoms with van der Waals surface area (Å²) < 4.78 is 0. The predicted octanol–water partition coefficient (Wildman–Crippen LogP) is 3.73. The van der Waals surface area contributed by atoms with Crippen molar-refractivity contribution in [3.05, 3.63) is 53.6 Å². The summed E-state index contributed by atoms with van der Waals surface area (Å²) >= 11 is 5.81. The third-order valence-corrected chi connectivity index (χ3v) is 4.22. The molecule has 0 spiro atoms. The molecule has 130 valence electrons. The molecular formula is C18H21ClN6. The molecule has 1 saturated heterocycles. The Morgan fingerprint density at radius 3 is 2.16 bits per heavy atom. The Morgan fingerprint density at radius 1 is 0.960 bits per heavy atom. The van der Waals surface area contributed by atoms with E-state index in [1.165, 1.54) is 19.3 Å². The molecule has 1 aliphatic heterocycles. The summed E-state index contributed by atoms with van der Waals surface area (Å²) in [5.74, 6) is 0.613. The fourth-order valence-corrected chi connectivity index (χ4v) is 2.75. The van der Waals surface area contributed by atoms with Gasteiger partial charge in [0.25, 0.3) is 0 Å². The Bertz CT molecular complexity index is 791. The highest BCUT2D eigenvalue weighted by molar-refractivity contribution is 6.30. The first-order valence-corrected chi connectivity index (χ1v) is 8.70. The van der Waals surface area contributed by atoms with Gasteiger partial charge in [0.15, 0.2) is 5.96 Å². The summed E-state index contributed by atoms with van der Waals surface area (Å²) in [7, 11) is 0. The number of benzene rings is 2. The van der Waals surface area contributed by atoms with Gasteiger partial charge in [0.05, 0.1) is 5.69 Å². The Kier molecular flexibility index (Phi) is 5.85. The molecule has 1 aliphatic rings. The lowest BCUT2D eigenvalue weighted by Gasteiger charge is -2.27. The van der Waals surface area contributed by atoms with Crippen LogP contribution in [0.25, 0.3) is 11.0 Å². The Labute approximate surface area is 151 Å². The van der Waals surface area contributed by atoms with Crippen molar-refractivity contribution >= 4 is 34.3 Å². The molecule has 25 heavy (non-hydrogen) atoms. The number of nitrogens with zero attached hydrogens (tertiary/aromatic N) is 4. The highest BCUT2D eigenvalue weighted by Gasteiger charge is 2.11. The number of H-pyrrole nitrogens is 1. The first kappa shape index (κ1) is 17.2. The minimum Gasteiger partial charge on any atom is -0.369 e. The number of guanidine groups is 1. The predicted molar refractivity (Wildman–Crippen MR) is 102 cm³/mol. The number of hydrogen-bond acceptors (Lipinski definition) is 3. The number of fused-ring (bicyclic) bond motifs is 1. The monoisotopic (exact) mass is 356 g/mol. The molecule has 0 unspecified atom stereocenters. The quantitative estimate of drug-likeness (QED) is 0.514. The van der Waals surface area contributed by atoms with Crippen LogP contribution in [-0.2, 0) is 0 Å². The number of aromatic nitrogens is 3. The molecule has 3 N–H and O–H groups in total. The van der Waals surface area contributed by atoms with Gasteiger partial charge in [-0.1, -0.05) is 23.7 Å². The molecular weight excluding hydrogens is 336 g/mol. The summed E-state index contributed by atoms with van der Waals surface area (Å²) in [5.41, 5.74) is 8.64.